The van der Waals surface area contributed by atoms with E-state index in [2.05, 4.69) is 28.9 Å². The van der Waals surface area contributed by atoms with Gasteiger partial charge in [-0.3, -0.25) is 0 Å². The van der Waals surface area contributed by atoms with Crippen molar-refractivity contribution in [2.75, 3.05) is 18.0 Å². The molecular formula is C11H17N3O. The first kappa shape index (κ1) is 10.4. The highest BCUT2D eigenvalue weighted by atomic mass is 16.5. The van der Waals surface area contributed by atoms with E-state index in [0.29, 0.717) is 0 Å². The first-order chi connectivity index (χ1) is 7.15. The van der Waals surface area contributed by atoms with Gasteiger partial charge in [-0.25, -0.2) is 0 Å². The Bertz CT molecular complexity index is 315. The van der Waals surface area contributed by atoms with E-state index >= 15 is 0 Å². The molecule has 0 unspecified atom stereocenters. The van der Waals surface area contributed by atoms with Gasteiger partial charge in [0.15, 0.2) is 5.82 Å². The van der Waals surface area contributed by atoms with Gasteiger partial charge in [0, 0.05) is 13.1 Å². The number of morpholine rings is 1. The highest BCUT2D eigenvalue weighted by molar-refractivity contribution is 5.38. The first-order valence-electron chi connectivity index (χ1n) is 5.36. The molecule has 1 saturated heterocycles. The molecule has 0 N–H and O–H groups in total. The molecule has 2 atom stereocenters. The van der Waals surface area contributed by atoms with Crippen molar-refractivity contribution < 1.29 is 4.74 Å². The fraction of sp³-hybridized carbons (Fsp3) is 0.636. The van der Waals surface area contributed by atoms with Crippen LogP contribution in [0.1, 0.15) is 19.5 Å². The monoisotopic (exact) mass is 207 g/mol. The van der Waals surface area contributed by atoms with Crippen LogP contribution in [0.4, 0.5) is 5.82 Å². The van der Waals surface area contributed by atoms with Crippen molar-refractivity contribution in [3.05, 3.63) is 17.8 Å². The lowest BCUT2D eigenvalue weighted by molar-refractivity contribution is -0.00550. The Kier molecular flexibility index (Phi) is 2.86. The maximum Gasteiger partial charge on any atom is 0.151 e. The minimum atomic E-state index is 0.261. The van der Waals surface area contributed by atoms with Crippen molar-refractivity contribution in [2.24, 2.45) is 0 Å². The van der Waals surface area contributed by atoms with Crippen LogP contribution >= 0.6 is 0 Å². The Hall–Kier alpha value is -1.16. The third-order valence-electron chi connectivity index (χ3n) is 2.53. The maximum atomic E-state index is 5.67. The van der Waals surface area contributed by atoms with Crippen LogP contribution in [0.3, 0.4) is 0 Å². The number of hydrogen-bond donors (Lipinski definition) is 0. The van der Waals surface area contributed by atoms with Crippen LogP contribution in [0.5, 0.6) is 0 Å². The molecule has 2 heterocycles. The summed E-state index contributed by atoms with van der Waals surface area (Å²) < 4.78 is 5.67. The van der Waals surface area contributed by atoms with E-state index < -0.39 is 0 Å². The quantitative estimate of drug-likeness (QED) is 0.697. The first-order valence-corrected chi connectivity index (χ1v) is 5.36. The van der Waals surface area contributed by atoms with Gasteiger partial charge in [0.1, 0.15) is 0 Å². The molecule has 0 aromatic carbocycles. The number of hydrogen-bond acceptors (Lipinski definition) is 4. The summed E-state index contributed by atoms with van der Waals surface area (Å²) in [6, 6.07) is 4.01. The average molecular weight is 207 g/mol. The van der Waals surface area contributed by atoms with E-state index in [4.69, 9.17) is 4.74 Å². The van der Waals surface area contributed by atoms with Gasteiger partial charge >= 0.3 is 0 Å². The summed E-state index contributed by atoms with van der Waals surface area (Å²) in [7, 11) is 0. The van der Waals surface area contributed by atoms with E-state index in [9.17, 15) is 0 Å². The van der Waals surface area contributed by atoms with E-state index in [1.807, 2.05) is 19.1 Å². The molecule has 15 heavy (non-hydrogen) atoms. The number of aromatic nitrogens is 2. The Morgan fingerprint density at radius 3 is 2.40 bits per heavy atom. The maximum absolute atomic E-state index is 5.67. The molecular weight excluding hydrogens is 190 g/mol. The number of anilines is 1. The lowest BCUT2D eigenvalue weighted by atomic mass is 10.2. The third-order valence-corrected chi connectivity index (χ3v) is 2.53. The van der Waals surface area contributed by atoms with Crippen LogP contribution < -0.4 is 4.90 Å². The molecule has 4 heteroatoms. The Morgan fingerprint density at radius 1 is 1.20 bits per heavy atom. The molecule has 1 aromatic heterocycles. The highest BCUT2D eigenvalue weighted by Gasteiger charge is 2.23. The van der Waals surface area contributed by atoms with Gasteiger partial charge in [0.05, 0.1) is 17.9 Å². The zero-order valence-corrected chi connectivity index (χ0v) is 9.47. The second kappa shape index (κ2) is 4.14. The average Bonchev–Trinajstić information content (AvgIpc) is 2.17. The lowest BCUT2D eigenvalue weighted by Gasteiger charge is -2.35. The second-order valence-corrected chi connectivity index (χ2v) is 4.20. The van der Waals surface area contributed by atoms with Gasteiger partial charge in [-0.2, -0.15) is 5.10 Å². The van der Waals surface area contributed by atoms with Crippen molar-refractivity contribution in [3.63, 3.8) is 0 Å². The van der Waals surface area contributed by atoms with Gasteiger partial charge in [0.2, 0.25) is 0 Å². The summed E-state index contributed by atoms with van der Waals surface area (Å²) in [6.45, 7) is 7.90. The molecule has 0 radical (unpaired) electrons. The molecule has 0 amide bonds. The molecule has 2 rings (SSSR count). The fourth-order valence-corrected chi connectivity index (χ4v) is 1.93. The number of aryl methyl sites for hydroxylation is 1. The number of nitrogens with zero attached hydrogens (tertiary/aromatic N) is 3. The smallest absolute Gasteiger partial charge is 0.151 e. The third kappa shape index (κ3) is 2.45. The van der Waals surface area contributed by atoms with Crippen LogP contribution in [-0.2, 0) is 4.74 Å². The standard InChI is InChI=1S/C11H17N3O/c1-8-4-5-11(13-12-8)14-6-9(2)15-10(3)7-14/h4-5,9-10H,6-7H2,1-3H3/t9-,10+. The van der Waals surface area contributed by atoms with Crippen LogP contribution in [0.15, 0.2) is 12.1 Å². The molecule has 0 bridgehead atoms. The van der Waals surface area contributed by atoms with Gasteiger partial charge < -0.3 is 9.64 Å². The van der Waals surface area contributed by atoms with Gasteiger partial charge in [-0.05, 0) is 32.9 Å². The zero-order valence-electron chi connectivity index (χ0n) is 9.47. The minimum Gasteiger partial charge on any atom is -0.372 e. The lowest BCUT2D eigenvalue weighted by Crippen LogP contribution is -2.45. The molecule has 1 fully saturated rings. The minimum absolute atomic E-state index is 0.261. The van der Waals surface area contributed by atoms with Crippen LogP contribution in [0.2, 0.25) is 0 Å². The van der Waals surface area contributed by atoms with E-state index in [1.165, 1.54) is 0 Å². The molecule has 0 aliphatic carbocycles. The fourth-order valence-electron chi connectivity index (χ4n) is 1.93. The Morgan fingerprint density at radius 2 is 1.87 bits per heavy atom. The molecule has 0 spiro atoms. The molecule has 1 aromatic rings. The van der Waals surface area contributed by atoms with Gasteiger partial charge in [-0.1, -0.05) is 0 Å². The van der Waals surface area contributed by atoms with Gasteiger partial charge in [-0.15, -0.1) is 5.10 Å². The predicted octanol–water partition coefficient (Wildman–Crippen LogP) is 1.40. The largest absolute Gasteiger partial charge is 0.372 e. The van der Waals surface area contributed by atoms with Crippen molar-refractivity contribution in [2.45, 2.75) is 33.0 Å². The van der Waals surface area contributed by atoms with Crippen LogP contribution in [-0.4, -0.2) is 35.5 Å². The summed E-state index contributed by atoms with van der Waals surface area (Å²) in [4.78, 5) is 2.23. The number of rotatable bonds is 1. The molecule has 82 valence electrons. The van der Waals surface area contributed by atoms with Crippen molar-refractivity contribution in [1.29, 1.82) is 0 Å². The zero-order chi connectivity index (χ0) is 10.8. The normalized spacial score (nSPS) is 26.7. The summed E-state index contributed by atoms with van der Waals surface area (Å²) in [5.41, 5.74) is 0.952. The SMILES string of the molecule is Cc1ccc(N2C[C@@H](C)O[C@@H](C)C2)nn1. The summed E-state index contributed by atoms with van der Waals surface area (Å²) in [5.74, 6) is 0.947. The molecule has 1 aliphatic heterocycles. The van der Waals surface area contributed by atoms with Crippen molar-refractivity contribution >= 4 is 5.82 Å². The molecule has 0 saturated carbocycles. The van der Waals surface area contributed by atoms with Crippen molar-refractivity contribution in [3.8, 4) is 0 Å². The topological polar surface area (TPSA) is 38.2 Å². The van der Waals surface area contributed by atoms with E-state index in [-0.39, 0.29) is 12.2 Å². The summed E-state index contributed by atoms with van der Waals surface area (Å²) in [5, 5.41) is 8.26. The Labute approximate surface area is 90.3 Å². The second-order valence-electron chi connectivity index (χ2n) is 4.20. The van der Waals surface area contributed by atoms with Crippen LogP contribution in [0, 0.1) is 6.92 Å². The Balaban J connectivity index is 2.12. The summed E-state index contributed by atoms with van der Waals surface area (Å²) in [6.07, 6.45) is 0.522. The van der Waals surface area contributed by atoms with Gasteiger partial charge in [0.25, 0.3) is 0 Å². The summed E-state index contributed by atoms with van der Waals surface area (Å²) >= 11 is 0. The molecule has 1 aliphatic rings. The molecule has 4 nitrogen and oxygen atoms in total. The number of ether oxygens (including phenoxy) is 1. The highest BCUT2D eigenvalue weighted by Crippen LogP contribution is 2.17. The van der Waals surface area contributed by atoms with E-state index in [1.54, 1.807) is 0 Å². The van der Waals surface area contributed by atoms with E-state index in [0.717, 1.165) is 24.6 Å². The predicted molar refractivity (Wildman–Crippen MR) is 59.0 cm³/mol. The van der Waals surface area contributed by atoms with Crippen LogP contribution in [0.25, 0.3) is 0 Å². The van der Waals surface area contributed by atoms with Crippen molar-refractivity contribution in [1.82, 2.24) is 10.2 Å².